The highest BCUT2D eigenvalue weighted by atomic mass is 32.2. The quantitative estimate of drug-likeness (QED) is 0.655. The third kappa shape index (κ3) is 5.99. The molecule has 0 saturated carbocycles. The zero-order chi connectivity index (χ0) is 18.4. The Morgan fingerprint density at radius 2 is 1.71 bits per heavy atom. The van der Waals surface area contributed by atoms with Crippen molar-refractivity contribution in [3.63, 3.8) is 0 Å². The summed E-state index contributed by atoms with van der Waals surface area (Å²) in [5.41, 5.74) is -1.52. The molecule has 0 aliphatic carbocycles. The standard InChI is InChI=1S/C15H24N2O6S/c1-6-22-12-7-9-13(10-8-12)23-11-15(2,16-24(5,19)20)14(18)17(3)21-4/h7-10,16H,6,11H2,1-5H3. The van der Waals surface area contributed by atoms with E-state index in [-0.39, 0.29) is 6.61 Å². The number of hydroxylamine groups is 2. The minimum atomic E-state index is -3.64. The average Bonchev–Trinajstić information content (AvgIpc) is 2.51. The Bertz CT molecular complexity index is 646. The van der Waals surface area contributed by atoms with Crippen molar-refractivity contribution in [3.05, 3.63) is 24.3 Å². The summed E-state index contributed by atoms with van der Waals surface area (Å²) < 4.78 is 36.4. The molecule has 1 amide bonds. The monoisotopic (exact) mass is 360 g/mol. The molecule has 1 aromatic carbocycles. The smallest absolute Gasteiger partial charge is 0.270 e. The van der Waals surface area contributed by atoms with Gasteiger partial charge in [-0.15, -0.1) is 0 Å². The molecule has 0 fully saturated rings. The number of amides is 1. The van der Waals surface area contributed by atoms with Crippen LogP contribution in [0.2, 0.25) is 0 Å². The van der Waals surface area contributed by atoms with E-state index < -0.39 is 21.5 Å². The van der Waals surface area contributed by atoms with Crippen molar-refractivity contribution in [2.24, 2.45) is 0 Å². The number of rotatable bonds is 9. The molecule has 0 radical (unpaired) electrons. The number of hydrogen-bond acceptors (Lipinski definition) is 6. The highest BCUT2D eigenvalue weighted by Gasteiger charge is 2.39. The lowest BCUT2D eigenvalue weighted by molar-refractivity contribution is -0.176. The number of nitrogens with zero attached hydrogens (tertiary/aromatic N) is 1. The van der Waals surface area contributed by atoms with Gasteiger partial charge in [0.25, 0.3) is 5.91 Å². The van der Waals surface area contributed by atoms with Crippen LogP contribution in [0.1, 0.15) is 13.8 Å². The maximum absolute atomic E-state index is 12.4. The van der Waals surface area contributed by atoms with E-state index >= 15 is 0 Å². The molecule has 1 atom stereocenters. The molecule has 0 aliphatic heterocycles. The molecule has 8 nitrogen and oxygen atoms in total. The Labute approximate surface area is 142 Å². The van der Waals surface area contributed by atoms with Gasteiger partial charge in [0.1, 0.15) is 23.6 Å². The molecular formula is C15H24N2O6S. The summed E-state index contributed by atoms with van der Waals surface area (Å²) in [7, 11) is -0.938. The molecule has 1 unspecified atom stereocenters. The van der Waals surface area contributed by atoms with Crippen LogP contribution < -0.4 is 14.2 Å². The molecule has 0 heterocycles. The lowest BCUT2D eigenvalue weighted by atomic mass is 10.0. The van der Waals surface area contributed by atoms with Crippen molar-refractivity contribution in [1.82, 2.24) is 9.79 Å². The molecule has 0 aromatic heterocycles. The van der Waals surface area contributed by atoms with Gasteiger partial charge in [0.2, 0.25) is 10.0 Å². The Morgan fingerprint density at radius 3 is 2.12 bits per heavy atom. The molecule has 1 aromatic rings. The van der Waals surface area contributed by atoms with Crippen LogP contribution in [-0.2, 0) is 19.7 Å². The van der Waals surface area contributed by atoms with E-state index in [1.807, 2.05) is 6.92 Å². The number of hydrogen-bond donors (Lipinski definition) is 1. The minimum absolute atomic E-state index is 0.208. The largest absolute Gasteiger partial charge is 0.494 e. The summed E-state index contributed by atoms with van der Waals surface area (Å²) >= 11 is 0. The minimum Gasteiger partial charge on any atom is -0.494 e. The normalized spacial score (nSPS) is 13.9. The van der Waals surface area contributed by atoms with Gasteiger partial charge in [0.05, 0.1) is 20.0 Å². The second-order valence-electron chi connectivity index (χ2n) is 5.38. The number of sulfonamides is 1. The van der Waals surface area contributed by atoms with E-state index in [2.05, 4.69) is 4.72 Å². The van der Waals surface area contributed by atoms with Crippen molar-refractivity contribution in [2.75, 3.05) is 33.6 Å². The second kappa shape index (κ2) is 8.32. The van der Waals surface area contributed by atoms with E-state index in [4.69, 9.17) is 14.3 Å². The van der Waals surface area contributed by atoms with Crippen molar-refractivity contribution in [3.8, 4) is 11.5 Å². The van der Waals surface area contributed by atoms with Crippen LogP contribution in [0, 0.1) is 0 Å². The number of carbonyl (C=O) groups excluding carboxylic acids is 1. The Morgan fingerprint density at radius 1 is 1.21 bits per heavy atom. The van der Waals surface area contributed by atoms with Crippen LogP contribution in [0.3, 0.4) is 0 Å². The maximum atomic E-state index is 12.4. The van der Waals surface area contributed by atoms with E-state index in [0.717, 1.165) is 11.3 Å². The Balaban J connectivity index is 2.90. The molecular weight excluding hydrogens is 336 g/mol. The van der Waals surface area contributed by atoms with Gasteiger partial charge in [0, 0.05) is 7.05 Å². The Hall–Kier alpha value is -1.84. The van der Waals surface area contributed by atoms with Gasteiger partial charge in [-0.3, -0.25) is 9.63 Å². The zero-order valence-electron chi connectivity index (χ0n) is 14.5. The fourth-order valence-corrected chi connectivity index (χ4v) is 2.97. The first-order chi connectivity index (χ1) is 11.1. The van der Waals surface area contributed by atoms with Gasteiger partial charge in [0.15, 0.2) is 0 Å². The fraction of sp³-hybridized carbons (Fsp3) is 0.533. The topological polar surface area (TPSA) is 94.2 Å². The van der Waals surface area contributed by atoms with Crippen LogP contribution in [0.15, 0.2) is 24.3 Å². The average molecular weight is 360 g/mol. The predicted octanol–water partition coefficient (Wildman–Crippen LogP) is 0.792. The van der Waals surface area contributed by atoms with Crippen LogP contribution in [0.5, 0.6) is 11.5 Å². The van der Waals surface area contributed by atoms with Gasteiger partial charge in [-0.1, -0.05) is 0 Å². The molecule has 0 bridgehead atoms. The molecule has 24 heavy (non-hydrogen) atoms. The number of nitrogens with one attached hydrogen (secondary N) is 1. The first-order valence-electron chi connectivity index (χ1n) is 7.28. The highest BCUT2D eigenvalue weighted by molar-refractivity contribution is 7.88. The van der Waals surface area contributed by atoms with E-state index in [1.165, 1.54) is 21.1 Å². The van der Waals surface area contributed by atoms with Gasteiger partial charge < -0.3 is 9.47 Å². The predicted molar refractivity (Wildman–Crippen MR) is 89.3 cm³/mol. The molecule has 0 saturated heterocycles. The second-order valence-corrected chi connectivity index (χ2v) is 7.13. The molecule has 1 rings (SSSR count). The fourth-order valence-electron chi connectivity index (χ4n) is 2.00. The number of likely N-dealkylation sites (N-methyl/N-ethyl adjacent to an activating group) is 1. The first-order valence-corrected chi connectivity index (χ1v) is 9.17. The van der Waals surface area contributed by atoms with Crippen molar-refractivity contribution >= 4 is 15.9 Å². The number of carbonyl (C=O) groups is 1. The summed E-state index contributed by atoms with van der Waals surface area (Å²) in [6.07, 6.45) is 0.974. The Kier molecular flexibility index (Phi) is 7.00. The van der Waals surface area contributed by atoms with E-state index in [0.29, 0.717) is 18.1 Å². The summed E-state index contributed by atoms with van der Waals surface area (Å²) in [5.74, 6) is 0.589. The molecule has 1 N–H and O–H groups in total. The van der Waals surface area contributed by atoms with Crippen LogP contribution >= 0.6 is 0 Å². The zero-order valence-corrected chi connectivity index (χ0v) is 15.3. The van der Waals surface area contributed by atoms with Gasteiger partial charge in [-0.05, 0) is 38.1 Å². The van der Waals surface area contributed by atoms with Crippen molar-refractivity contribution in [1.29, 1.82) is 0 Å². The third-order valence-electron chi connectivity index (χ3n) is 3.10. The summed E-state index contributed by atoms with van der Waals surface area (Å²) in [6, 6.07) is 6.80. The SMILES string of the molecule is CCOc1ccc(OCC(C)(NS(C)(=O)=O)C(=O)N(C)OC)cc1. The summed E-state index contributed by atoms with van der Waals surface area (Å²) in [4.78, 5) is 17.3. The lowest BCUT2D eigenvalue weighted by Gasteiger charge is -2.31. The van der Waals surface area contributed by atoms with E-state index in [1.54, 1.807) is 24.3 Å². The summed E-state index contributed by atoms with van der Waals surface area (Å²) in [5, 5.41) is 0.944. The number of ether oxygens (including phenoxy) is 2. The maximum Gasteiger partial charge on any atom is 0.270 e. The van der Waals surface area contributed by atoms with Crippen LogP contribution in [0.4, 0.5) is 0 Å². The van der Waals surface area contributed by atoms with Gasteiger partial charge in [-0.2, -0.15) is 4.72 Å². The van der Waals surface area contributed by atoms with Crippen LogP contribution in [-0.4, -0.2) is 58.6 Å². The first kappa shape index (κ1) is 20.2. The van der Waals surface area contributed by atoms with Crippen molar-refractivity contribution < 1.29 is 27.5 Å². The van der Waals surface area contributed by atoms with Crippen LogP contribution in [0.25, 0.3) is 0 Å². The number of benzene rings is 1. The third-order valence-corrected chi connectivity index (χ3v) is 3.93. The molecule has 9 heteroatoms. The van der Waals surface area contributed by atoms with Gasteiger partial charge >= 0.3 is 0 Å². The molecule has 0 spiro atoms. The van der Waals surface area contributed by atoms with Gasteiger partial charge in [-0.25, -0.2) is 13.5 Å². The van der Waals surface area contributed by atoms with E-state index in [9.17, 15) is 13.2 Å². The summed E-state index contributed by atoms with van der Waals surface area (Å²) in [6.45, 7) is 3.65. The molecule has 136 valence electrons. The lowest BCUT2D eigenvalue weighted by Crippen LogP contribution is -2.59. The highest BCUT2D eigenvalue weighted by Crippen LogP contribution is 2.19. The molecule has 0 aliphatic rings. The van der Waals surface area contributed by atoms with Crippen molar-refractivity contribution in [2.45, 2.75) is 19.4 Å².